The van der Waals surface area contributed by atoms with Crippen LogP contribution in [0.25, 0.3) is 0 Å². The monoisotopic (exact) mass is 387 g/mol. The molecule has 5 nitrogen and oxygen atoms in total. The van der Waals surface area contributed by atoms with Crippen molar-refractivity contribution in [2.24, 2.45) is 0 Å². The lowest BCUT2D eigenvalue weighted by Gasteiger charge is -2.33. The number of thioether (sulfide) groups is 1. The molecule has 2 aliphatic rings. The molecule has 2 saturated heterocycles. The Morgan fingerprint density at radius 2 is 2.00 bits per heavy atom. The number of thiophene rings is 1. The molecule has 2 atom stereocenters. The largest absolute Gasteiger partial charge is 0.456 e. The summed E-state index contributed by atoms with van der Waals surface area (Å²) in [6.07, 6.45) is 1.10. The number of Topliss-reactive ketones (excluding diaryl/α,β-unsaturated/α-hetero) is 1. The quantitative estimate of drug-likeness (QED) is 0.583. The summed E-state index contributed by atoms with van der Waals surface area (Å²) in [6, 6.07) is 12.6. The zero-order chi connectivity index (χ0) is 18.1. The number of fused-ring (bicyclic) bond motifs is 1. The van der Waals surface area contributed by atoms with Gasteiger partial charge in [0.15, 0.2) is 6.61 Å². The van der Waals surface area contributed by atoms with Crippen LogP contribution in [0.3, 0.4) is 0 Å². The molecule has 134 valence electrons. The number of hydrogen-bond donors (Lipinski definition) is 0. The van der Waals surface area contributed by atoms with Crippen LogP contribution in [0, 0.1) is 0 Å². The number of carbonyl (C=O) groups is 3. The molecule has 0 unspecified atom stereocenters. The van der Waals surface area contributed by atoms with Crippen molar-refractivity contribution < 1.29 is 19.1 Å². The number of ketones is 1. The van der Waals surface area contributed by atoms with Crippen LogP contribution in [0.1, 0.15) is 28.1 Å². The fraction of sp³-hybridized carbons (Fsp3) is 0.316. The third-order valence-electron chi connectivity index (χ3n) is 4.77. The molecule has 26 heavy (non-hydrogen) atoms. The maximum atomic E-state index is 12.6. The Morgan fingerprint density at radius 3 is 2.73 bits per heavy atom. The minimum Gasteiger partial charge on any atom is -0.456 e. The van der Waals surface area contributed by atoms with Crippen LogP contribution in [0.15, 0.2) is 47.8 Å². The average Bonchev–Trinajstić information content (AvgIpc) is 3.38. The number of rotatable bonds is 5. The summed E-state index contributed by atoms with van der Waals surface area (Å²) in [5.74, 6) is -0.283. The summed E-state index contributed by atoms with van der Waals surface area (Å²) < 4.78 is 5.26. The average molecular weight is 387 g/mol. The molecule has 0 spiro atoms. The molecule has 1 aromatic carbocycles. The van der Waals surface area contributed by atoms with E-state index in [1.165, 1.54) is 11.3 Å². The summed E-state index contributed by atoms with van der Waals surface area (Å²) in [6.45, 7) is -0.291. The van der Waals surface area contributed by atoms with E-state index in [-0.39, 0.29) is 18.3 Å². The van der Waals surface area contributed by atoms with Crippen LogP contribution in [0.5, 0.6) is 0 Å². The van der Waals surface area contributed by atoms with Crippen LogP contribution in [-0.2, 0) is 19.2 Å². The first-order valence-corrected chi connectivity index (χ1v) is 10.2. The van der Waals surface area contributed by atoms with Gasteiger partial charge in [-0.25, -0.2) is 4.79 Å². The molecule has 1 aromatic heterocycles. The summed E-state index contributed by atoms with van der Waals surface area (Å²) in [4.78, 5) is 38.9. The van der Waals surface area contributed by atoms with Crippen LogP contribution in [0.4, 0.5) is 0 Å². The van der Waals surface area contributed by atoms with Crippen LogP contribution in [0.2, 0.25) is 0 Å². The molecule has 2 aliphatic heterocycles. The van der Waals surface area contributed by atoms with Crippen LogP contribution >= 0.6 is 23.1 Å². The van der Waals surface area contributed by atoms with Gasteiger partial charge in [0.2, 0.25) is 11.7 Å². The number of carbonyl (C=O) groups excluding carboxylic acids is 3. The predicted molar refractivity (Wildman–Crippen MR) is 100 cm³/mol. The topological polar surface area (TPSA) is 63.7 Å². The van der Waals surface area contributed by atoms with E-state index in [1.54, 1.807) is 34.2 Å². The molecule has 0 bridgehead atoms. The number of hydrogen-bond acceptors (Lipinski definition) is 6. The fourth-order valence-electron chi connectivity index (χ4n) is 3.56. The van der Waals surface area contributed by atoms with Crippen LogP contribution < -0.4 is 0 Å². The second-order valence-electron chi connectivity index (χ2n) is 6.25. The van der Waals surface area contributed by atoms with Gasteiger partial charge in [-0.3, -0.25) is 9.59 Å². The Kier molecular flexibility index (Phi) is 4.58. The second-order valence-corrected chi connectivity index (χ2v) is 8.49. The van der Waals surface area contributed by atoms with E-state index in [0.717, 1.165) is 5.56 Å². The normalized spacial score (nSPS) is 24.5. The van der Waals surface area contributed by atoms with Crippen LogP contribution in [-0.4, -0.2) is 41.0 Å². The van der Waals surface area contributed by atoms with E-state index in [2.05, 4.69) is 0 Å². The van der Waals surface area contributed by atoms with Crippen molar-refractivity contribution in [3.63, 3.8) is 0 Å². The van der Waals surface area contributed by atoms with E-state index in [4.69, 9.17) is 4.74 Å². The highest BCUT2D eigenvalue weighted by atomic mass is 32.2. The maximum absolute atomic E-state index is 12.6. The molecule has 0 aliphatic carbocycles. The van der Waals surface area contributed by atoms with Crippen molar-refractivity contribution in [3.05, 3.63) is 58.3 Å². The molecular formula is C19H17NO4S2. The standard InChI is InChI=1S/C19H17NO4S2/c21-15(16-7-4-10-25-16)11-24-18(23)14-12-26-19(9-8-17(22)20(14)19)13-5-2-1-3-6-13/h1-7,10,14H,8-9,11-12H2/t14-,19+/m1/s1. The van der Waals surface area contributed by atoms with Gasteiger partial charge in [0.05, 0.1) is 4.88 Å². The summed E-state index contributed by atoms with van der Waals surface area (Å²) in [5, 5.41) is 1.81. The second kappa shape index (κ2) is 6.89. The van der Waals surface area contributed by atoms with Gasteiger partial charge in [0.1, 0.15) is 10.9 Å². The van der Waals surface area contributed by atoms with Crippen molar-refractivity contribution >= 4 is 40.8 Å². The molecule has 0 N–H and O–H groups in total. The highest BCUT2D eigenvalue weighted by Gasteiger charge is 2.57. The molecular weight excluding hydrogens is 370 g/mol. The Bertz CT molecular complexity index is 836. The Balaban J connectivity index is 1.50. The van der Waals surface area contributed by atoms with Crippen molar-refractivity contribution in [2.75, 3.05) is 12.4 Å². The summed E-state index contributed by atoms with van der Waals surface area (Å²) >= 11 is 2.93. The lowest BCUT2D eigenvalue weighted by Crippen LogP contribution is -2.46. The number of nitrogens with zero attached hydrogens (tertiary/aromatic N) is 1. The smallest absolute Gasteiger partial charge is 0.330 e. The Morgan fingerprint density at radius 1 is 1.19 bits per heavy atom. The summed E-state index contributed by atoms with van der Waals surface area (Å²) in [7, 11) is 0. The first-order valence-electron chi connectivity index (χ1n) is 8.37. The third kappa shape index (κ3) is 2.85. The molecule has 2 aromatic rings. The molecule has 7 heteroatoms. The Labute approximate surface area is 159 Å². The van der Waals surface area contributed by atoms with Gasteiger partial charge >= 0.3 is 5.97 Å². The molecule has 2 fully saturated rings. The Hall–Kier alpha value is -2.12. The van der Waals surface area contributed by atoms with Gasteiger partial charge in [-0.15, -0.1) is 23.1 Å². The number of benzene rings is 1. The van der Waals surface area contributed by atoms with Crippen molar-refractivity contribution in [1.29, 1.82) is 0 Å². The van der Waals surface area contributed by atoms with Gasteiger partial charge in [0.25, 0.3) is 0 Å². The molecule has 0 saturated carbocycles. The highest BCUT2D eigenvalue weighted by Crippen LogP contribution is 2.54. The van der Waals surface area contributed by atoms with E-state index in [9.17, 15) is 14.4 Å². The van der Waals surface area contributed by atoms with E-state index in [1.807, 2.05) is 30.3 Å². The molecule has 4 rings (SSSR count). The van der Waals surface area contributed by atoms with Gasteiger partial charge in [-0.2, -0.15) is 0 Å². The number of ether oxygens (including phenoxy) is 1. The number of esters is 1. The zero-order valence-electron chi connectivity index (χ0n) is 13.9. The van der Waals surface area contributed by atoms with Gasteiger partial charge in [0, 0.05) is 12.2 Å². The van der Waals surface area contributed by atoms with Gasteiger partial charge < -0.3 is 9.64 Å². The molecule has 1 amide bonds. The van der Waals surface area contributed by atoms with Crippen molar-refractivity contribution in [3.8, 4) is 0 Å². The third-order valence-corrected chi connectivity index (χ3v) is 7.27. The van der Waals surface area contributed by atoms with E-state index in [0.29, 0.717) is 23.5 Å². The predicted octanol–water partition coefficient (Wildman–Crippen LogP) is 3.06. The van der Waals surface area contributed by atoms with E-state index >= 15 is 0 Å². The first-order chi connectivity index (χ1) is 12.6. The fourth-order valence-corrected chi connectivity index (χ4v) is 5.84. The lowest BCUT2D eigenvalue weighted by atomic mass is 10.0. The summed E-state index contributed by atoms with van der Waals surface area (Å²) in [5.41, 5.74) is 1.03. The minimum atomic E-state index is -0.647. The number of amides is 1. The van der Waals surface area contributed by atoms with Crippen molar-refractivity contribution in [2.45, 2.75) is 23.8 Å². The molecule has 0 radical (unpaired) electrons. The minimum absolute atomic E-state index is 0.0367. The zero-order valence-corrected chi connectivity index (χ0v) is 15.6. The van der Waals surface area contributed by atoms with Crippen molar-refractivity contribution in [1.82, 2.24) is 4.90 Å². The van der Waals surface area contributed by atoms with Gasteiger partial charge in [-0.1, -0.05) is 36.4 Å². The van der Waals surface area contributed by atoms with E-state index < -0.39 is 16.9 Å². The highest BCUT2D eigenvalue weighted by molar-refractivity contribution is 8.00. The van der Waals surface area contributed by atoms with Gasteiger partial charge in [-0.05, 0) is 23.4 Å². The molecule has 3 heterocycles. The SMILES string of the molecule is O=C(COC(=O)[C@H]1CS[C@]2(c3ccccc3)CCC(=O)N12)c1cccs1. The lowest BCUT2D eigenvalue weighted by molar-refractivity contribution is -0.152. The first kappa shape index (κ1) is 17.3. The maximum Gasteiger partial charge on any atom is 0.330 e.